The Kier molecular flexibility index (Phi) is 15.9. The van der Waals surface area contributed by atoms with Crippen LogP contribution in [0.15, 0.2) is 449 Å². The molecule has 0 spiro atoms. The van der Waals surface area contributed by atoms with Crippen molar-refractivity contribution in [2.24, 2.45) is 0 Å². The molecule has 7 aromatic heterocycles. The molecule has 586 valence electrons. The fourth-order valence-electron chi connectivity index (χ4n) is 20.4. The third-order valence-corrected chi connectivity index (χ3v) is 26.2. The normalized spacial score (nSPS) is 12.0. The van der Waals surface area contributed by atoms with Gasteiger partial charge in [0.15, 0.2) is 0 Å². The Bertz CT molecular complexity index is 8520. The van der Waals surface area contributed by atoms with Crippen LogP contribution in [0.25, 0.3) is 243 Å². The van der Waals surface area contributed by atoms with Crippen molar-refractivity contribution in [1.29, 1.82) is 0 Å². The molecule has 0 atom stereocenters. The van der Waals surface area contributed by atoms with Gasteiger partial charge in [-0.2, -0.15) is 0 Å². The number of nitrogens with zero attached hydrogens (tertiary/aromatic N) is 8. The van der Waals surface area contributed by atoms with Crippen LogP contribution in [0.2, 0.25) is 0 Å². The monoisotopic (exact) mass is 1600 g/mol. The molecule has 0 unspecified atom stereocenters. The Labute approximate surface area is 724 Å². The standard InChI is InChI=1S/C118H74N8/c1-6-26-75(27-7-1)76-28-24-29-85(64-76)104-74-105(120-118(119-104)126-116-62-54-83(79-50-58-112-98(68-79)94-42-18-22-46-108(94)123(112)89-35-12-4-13-36-89)72-102(116)103-73-84(55-63-117(103)126)80-51-59-113-99(69-80)95-43-19-23-47-109(95)124(113)90-37-14-5-15-38-90)86-30-25-39-91(65-86)125-114-60-52-81(77-48-56-110-96(66-77)92-40-16-20-44-106(92)121(110)87-31-8-2-9-32-87)70-100(114)101-71-82(53-61-115(101)125)78-49-57-111-97(67-78)93-41-17-21-45-107(93)122(111)88-33-10-3-11-34-88/h1-74H. The van der Waals surface area contributed by atoms with Crippen LogP contribution in [-0.4, -0.2) is 37.4 Å². The minimum Gasteiger partial charge on any atom is -0.309 e. The minimum atomic E-state index is 0.561. The van der Waals surface area contributed by atoms with Crippen LogP contribution in [0.3, 0.4) is 0 Å². The first kappa shape index (κ1) is 70.9. The Morgan fingerprint density at radius 3 is 0.635 bits per heavy atom. The number of hydrogen-bond donors (Lipinski definition) is 0. The predicted molar refractivity (Wildman–Crippen MR) is 526 cm³/mol. The number of hydrogen-bond acceptors (Lipinski definition) is 2. The molecular weight excluding hydrogens is 1530 g/mol. The number of fused-ring (bicyclic) bond motifs is 18. The van der Waals surface area contributed by atoms with E-state index < -0.39 is 0 Å². The van der Waals surface area contributed by atoms with Crippen LogP contribution in [-0.2, 0) is 0 Å². The van der Waals surface area contributed by atoms with Crippen molar-refractivity contribution in [2.45, 2.75) is 0 Å². The first-order valence-corrected chi connectivity index (χ1v) is 43.2. The van der Waals surface area contributed by atoms with Gasteiger partial charge in [0.2, 0.25) is 5.95 Å². The molecule has 7 heterocycles. The van der Waals surface area contributed by atoms with Gasteiger partial charge in [0.1, 0.15) is 0 Å². The Balaban J connectivity index is 0.667. The van der Waals surface area contributed by atoms with Gasteiger partial charge in [-0.05, 0) is 250 Å². The second-order valence-electron chi connectivity index (χ2n) is 33.2. The molecular formula is C118H74N8. The Hall–Kier alpha value is -16.9. The highest BCUT2D eigenvalue weighted by atomic mass is 15.2. The summed E-state index contributed by atoms with van der Waals surface area (Å²) in [4.78, 5) is 11.7. The second-order valence-corrected chi connectivity index (χ2v) is 33.2. The number of rotatable bonds is 13. The number of para-hydroxylation sites is 8. The molecule has 126 heavy (non-hydrogen) atoms. The zero-order valence-electron chi connectivity index (χ0n) is 68.3. The van der Waals surface area contributed by atoms with E-state index in [1.165, 1.54) is 76.2 Å². The summed E-state index contributed by atoms with van der Waals surface area (Å²) in [5.41, 5.74) is 33.9. The summed E-state index contributed by atoms with van der Waals surface area (Å²) >= 11 is 0. The third-order valence-electron chi connectivity index (χ3n) is 26.2. The van der Waals surface area contributed by atoms with Gasteiger partial charge in [-0.1, -0.05) is 255 Å². The molecule has 0 aliphatic heterocycles. The van der Waals surface area contributed by atoms with Gasteiger partial charge in [0.25, 0.3) is 0 Å². The lowest BCUT2D eigenvalue weighted by Crippen LogP contribution is -2.04. The summed E-state index contributed by atoms with van der Waals surface area (Å²) in [5.74, 6) is 0.561. The molecule has 26 aromatic rings. The average molecular weight is 1600 g/mol. The first-order chi connectivity index (χ1) is 62.5. The lowest BCUT2D eigenvalue weighted by Gasteiger charge is -2.14. The first-order valence-electron chi connectivity index (χ1n) is 43.2. The van der Waals surface area contributed by atoms with Crippen molar-refractivity contribution < 1.29 is 0 Å². The van der Waals surface area contributed by atoms with E-state index in [1.807, 2.05) is 0 Å². The summed E-state index contributed by atoms with van der Waals surface area (Å²) in [6.45, 7) is 0. The van der Waals surface area contributed by atoms with Crippen molar-refractivity contribution in [3.8, 4) is 113 Å². The third kappa shape index (κ3) is 11.3. The van der Waals surface area contributed by atoms with Crippen LogP contribution in [0.4, 0.5) is 0 Å². The maximum absolute atomic E-state index is 5.89. The fourth-order valence-corrected chi connectivity index (χ4v) is 20.4. The van der Waals surface area contributed by atoms with E-state index >= 15 is 0 Å². The molecule has 0 aliphatic carbocycles. The molecule has 0 amide bonds. The zero-order chi connectivity index (χ0) is 82.6. The smallest absolute Gasteiger partial charge is 0.235 e. The van der Waals surface area contributed by atoms with Crippen LogP contribution in [0, 0.1) is 0 Å². The van der Waals surface area contributed by atoms with E-state index in [0.717, 1.165) is 161 Å². The van der Waals surface area contributed by atoms with Gasteiger partial charge >= 0.3 is 0 Å². The molecule has 19 aromatic carbocycles. The van der Waals surface area contributed by atoms with Gasteiger partial charge in [0.05, 0.1) is 77.6 Å². The lowest BCUT2D eigenvalue weighted by atomic mass is 9.98. The SMILES string of the molecule is c1ccc(-c2cccc(-c3cc(-c4cccc(-n5c6ccc(-c7ccc8c(c7)c7ccccc7n8-c7ccccc7)cc6c6cc(-c7ccc8c(c7)c7ccccc7n8-c7ccccc7)ccc65)c4)nc(-n4c5ccc(-c6ccc7c(c6)c6ccccc6n7-c6ccccc6)cc5c5cc(-c6ccc7c(c6)c6ccccc6n7-c6ccccc6)ccc54)n3)c2)cc1. The van der Waals surface area contributed by atoms with Crippen LogP contribution in [0.5, 0.6) is 0 Å². The van der Waals surface area contributed by atoms with E-state index in [-0.39, 0.29) is 0 Å². The molecule has 0 bridgehead atoms. The summed E-state index contributed by atoms with van der Waals surface area (Å²) in [5, 5.41) is 14.1. The summed E-state index contributed by atoms with van der Waals surface area (Å²) in [6, 6.07) is 165. The fraction of sp³-hybridized carbons (Fsp3) is 0. The molecule has 8 nitrogen and oxygen atoms in total. The maximum atomic E-state index is 5.89. The van der Waals surface area contributed by atoms with Crippen molar-refractivity contribution in [2.75, 3.05) is 0 Å². The number of benzene rings is 19. The molecule has 26 rings (SSSR count). The van der Waals surface area contributed by atoms with E-state index in [9.17, 15) is 0 Å². The second kappa shape index (κ2) is 28.3. The molecule has 0 fully saturated rings. The average Bonchev–Trinajstić information content (AvgIpc) is 1.57. The van der Waals surface area contributed by atoms with Crippen molar-refractivity contribution >= 4 is 131 Å². The van der Waals surface area contributed by atoms with Crippen molar-refractivity contribution in [3.63, 3.8) is 0 Å². The summed E-state index contributed by atoms with van der Waals surface area (Å²) in [7, 11) is 0. The van der Waals surface area contributed by atoms with Crippen LogP contribution in [0.1, 0.15) is 0 Å². The van der Waals surface area contributed by atoms with E-state index in [0.29, 0.717) is 5.95 Å². The maximum Gasteiger partial charge on any atom is 0.235 e. The highest BCUT2D eigenvalue weighted by Gasteiger charge is 2.25. The lowest BCUT2D eigenvalue weighted by molar-refractivity contribution is 0.995. The van der Waals surface area contributed by atoms with Crippen molar-refractivity contribution in [3.05, 3.63) is 449 Å². The van der Waals surface area contributed by atoms with Crippen LogP contribution >= 0.6 is 0 Å². The highest BCUT2D eigenvalue weighted by Crippen LogP contribution is 2.46. The van der Waals surface area contributed by atoms with Gasteiger partial charge in [0, 0.05) is 104 Å². The minimum absolute atomic E-state index is 0.561. The Morgan fingerprint density at radius 1 is 0.119 bits per heavy atom. The molecule has 0 saturated heterocycles. The van der Waals surface area contributed by atoms with E-state index in [1.54, 1.807) is 0 Å². The predicted octanol–water partition coefficient (Wildman–Crippen LogP) is 30.7. The highest BCUT2D eigenvalue weighted by molar-refractivity contribution is 6.18. The van der Waals surface area contributed by atoms with Gasteiger partial charge < -0.3 is 22.8 Å². The summed E-state index contributed by atoms with van der Waals surface area (Å²) in [6.07, 6.45) is 0. The molecule has 0 radical (unpaired) electrons. The van der Waals surface area contributed by atoms with E-state index in [2.05, 4.69) is 476 Å². The van der Waals surface area contributed by atoms with Gasteiger partial charge in [-0.15, -0.1) is 0 Å². The molecule has 8 heteroatoms. The van der Waals surface area contributed by atoms with E-state index in [4.69, 9.17) is 9.97 Å². The van der Waals surface area contributed by atoms with Crippen LogP contribution < -0.4 is 0 Å². The molecule has 0 N–H and O–H groups in total. The molecule has 0 saturated carbocycles. The topological polar surface area (TPSA) is 55.4 Å². The largest absolute Gasteiger partial charge is 0.309 e. The quantitative estimate of drug-likeness (QED) is 0.116. The van der Waals surface area contributed by atoms with Gasteiger partial charge in [-0.3, -0.25) is 4.57 Å². The zero-order valence-corrected chi connectivity index (χ0v) is 68.3. The summed E-state index contributed by atoms with van der Waals surface area (Å²) < 4.78 is 14.3. The number of aromatic nitrogens is 8. The Morgan fingerprint density at radius 2 is 0.325 bits per heavy atom. The molecule has 0 aliphatic rings. The van der Waals surface area contributed by atoms with Gasteiger partial charge in [-0.25, -0.2) is 9.97 Å². The van der Waals surface area contributed by atoms with Crippen molar-refractivity contribution in [1.82, 2.24) is 37.4 Å².